The second-order valence-electron chi connectivity index (χ2n) is 5.03. The van der Waals surface area contributed by atoms with Crippen molar-refractivity contribution >= 4 is 22.8 Å². The number of carbonyl (C=O) groups is 1. The van der Waals surface area contributed by atoms with Crippen molar-refractivity contribution in [3.63, 3.8) is 0 Å². The fourth-order valence-corrected chi connectivity index (χ4v) is 2.24. The van der Waals surface area contributed by atoms with Gasteiger partial charge >= 0.3 is 11.8 Å². The second kappa shape index (κ2) is 5.40. The molecular formula is C16H15N3O3. The molecule has 0 atom stereocenters. The molecule has 0 fully saturated rings. The minimum Gasteiger partial charge on any atom is -0.444 e. The highest BCUT2D eigenvalue weighted by molar-refractivity contribution is 5.88. The van der Waals surface area contributed by atoms with Gasteiger partial charge in [0.2, 0.25) is 0 Å². The van der Waals surface area contributed by atoms with Crippen LogP contribution in [0, 0.1) is 6.92 Å². The minimum atomic E-state index is -0.718. The third-order valence-electron chi connectivity index (χ3n) is 3.46. The van der Waals surface area contributed by atoms with Gasteiger partial charge in [-0.1, -0.05) is 30.3 Å². The van der Waals surface area contributed by atoms with Crippen molar-refractivity contribution < 1.29 is 9.53 Å². The van der Waals surface area contributed by atoms with Gasteiger partial charge < -0.3 is 15.5 Å². The van der Waals surface area contributed by atoms with E-state index in [1.165, 1.54) is 0 Å². The summed E-state index contributed by atoms with van der Waals surface area (Å²) in [6.45, 7) is 1.92. The fraction of sp³-hybridized carbons (Fsp3) is 0.125. The molecule has 22 heavy (non-hydrogen) atoms. The number of nitrogens with two attached hydrogens (primary N) is 1. The van der Waals surface area contributed by atoms with Crippen LogP contribution < -0.4 is 11.4 Å². The maximum absolute atomic E-state index is 12.2. The molecule has 0 bridgehead atoms. The van der Waals surface area contributed by atoms with Crippen LogP contribution in [0.4, 0.5) is 10.5 Å². The summed E-state index contributed by atoms with van der Waals surface area (Å²) in [6.07, 6.45) is -0.718. The number of benzene rings is 2. The Hall–Kier alpha value is -3.02. The number of H-pyrrole nitrogens is 1. The Morgan fingerprint density at radius 2 is 2.00 bits per heavy atom. The number of hydrogen-bond acceptors (Lipinski definition) is 4. The zero-order chi connectivity index (χ0) is 15.7. The first-order chi connectivity index (χ1) is 10.6. The average molecular weight is 297 g/mol. The molecule has 6 heteroatoms. The number of rotatable bonds is 2. The molecule has 3 rings (SSSR count). The third-order valence-corrected chi connectivity index (χ3v) is 3.46. The number of carbonyl (C=O) groups excluding carboxylic acids is 1. The average Bonchev–Trinajstić information content (AvgIpc) is 2.81. The van der Waals surface area contributed by atoms with Gasteiger partial charge in [0.05, 0.1) is 11.0 Å². The molecule has 0 amide bonds. The molecule has 0 aliphatic heterocycles. The van der Waals surface area contributed by atoms with E-state index in [2.05, 4.69) is 4.98 Å². The Balaban J connectivity index is 1.92. The van der Waals surface area contributed by atoms with E-state index >= 15 is 0 Å². The van der Waals surface area contributed by atoms with Crippen molar-refractivity contribution in [2.75, 3.05) is 5.73 Å². The van der Waals surface area contributed by atoms with Crippen LogP contribution in [-0.2, 0) is 11.3 Å². The zero-order valence-corrected chi connectivity index (χ0v) is 12.0. The van der Waals surface area contributed by atoms with Gasteiger partial charge in [0.25, 0.3) is 0 Å². The monoisotopic (exact) mass is 297 g/mol. The first-order valence-electron chi connectivity index (χ1n) is 6.78. The quantitative estimate of drug-likeness (QED) is 0.711. The van der Waals surface area contributed by atoms with Gasteiger partial charge in [0, 0.05) is 5.69 Å². The lowest BCUT2D eigenvalue weighted by atomic mass is 10.2. The SMILES string of the molecule is Cc1cc2c(cc1N)[nH]c(=O)n2C(=O)OCc1ccccc1. The van der Waals surface area contributed by atoms with Crippen molar-refractivity contribution in [1.29, 1.82) is 0 Å². The number of nitrogens with zero attached hydrogens (tertiary/aromatic N) is 1. The molecule has 3 aromatic rings. The minimum absolute atomic E-state index is 0.104. The molecule has 112 valence electrons. The molecule has 0 spiro atoms. The maximum Gasteiger partial charge on any atom is 0.423 e. The molecule has 1 aromatic heterocycles. The molecule has 3 N–H and O–H groups in total. The molecule has 0 radical (unpaired) electrons. The Labute approximate surface area is 126 Å². The normalized spacial score (nSPS) is 10.8. The number of hydrogen-bond donors (Lipinski definition) is 2. The van der Waals surface area contributed by atoms with E-state index in [0.717, 1.165) is 15.7 Å². The Kier molecular flexibility index (Phi) is 3.42. The Morgan fingerprint density at radius 1 is 1.27 bits per heavy atom. The number of nitrogen functional groups attached to an aromatic ring is 1. The topological polar surface area (TPSA) is 90.1 Å². The predicted octanol–water partition coefficient (Wildman–Crippen LogP) is 2.41. The number of aromatic nitrogens is 2. The highest BCUT2D eigenvalue weighted by atomic mass is 16.5. The fourth-order valence-electron chi connectivity index (χ4n) is 2.24. The van der Waals surface area contributed by atoms with Gasteiger partial charge in [0.1, 0.15) is 6.61 Å². The number of imidazole rings is 1. The van der Waals surface area contributed by atoms with E-state index in [1.54, 1.807) is 12.1 Å². The van der Waals surface area contributed by atoms with E-state index in [-0.39, 0.29) is 6.61 Å². The molecule has 0 aliphatic rings. The molecular weight excluding hydrogens is 282 g/mol. The molecule has 2 aromatic carbocycles. The number of fused-ring (bicyclic) bond motifs is 1. The van der Waals surface area contributed by atoms with E-state index in [0.29, 0.717) is 16.7 Å². The van der Waals surface area contributed by atoms with Gasteiger partial charge in [-0.05, 0) is 30.2 Å². The number of anilines is 1. The first kappa shape index (κ1) is 13.9. The standard InChI is InChI=1S/C16H15N3O3/c1-10-7-14-13(8-12(10)17)18-15(20)19(14)16(21)22-9-11-5-3-2-4-6-11/h2-8H,9,17H2,1H3,(H,18,20). The summed E-state index contributed by atoms with van der Waals surface area (Å²) in [6, 6.07) is 12.6. The van der Waals surface area contributed by atoms with Crippen molar-refractivity contribution in [3.05, 3.63) is 64.1 Å². The number of aromatic amines is 1. The van der Waals surface area contributed by atoms with Crippen LogP contribution in [0.1, 0.15) is 11.1 Å². The van der Waals surface area contributed by atoms with E-state index in [1.807, 2.05) is 37.3 Å². The molecule has 1 heterocycles. The molecule has 0 aliphatic carbocycles. The Morgan fingerprint density at radius 3 is 2.73 bits per heavy atom. The summed E-state index contributed by atoms with van der Waals surface area (Å²) < 4.78 is 6.18. The van der Waals surface area contributed by atoms with Gasteiger partial charge in [-0.3, -0.25) is 0 Å². The van der Waals surface area contributed by atoms with Crippen LogP contribution in [0.5, 0.6) is 0 Å². The molecule has 0 unspecified atom stereocenters. The molecule has 0 saturated heterocycles. The van der Waals surface area contributed by atoms with Crippen LogP contribution in [0.25, 0.3) is 11.0 Å². The molecule has 0 saturated carbocycles. The lowest BCUT2D eigenvalue weighted by Gasteiger charge is -2.06. The van der Waals surface area contributed by atoms with Crippen molar-refractivity contribution in [2.24, 2.45) is 0 Å². The van der Waals surface area contributed by atoms with Gasteiger partial charge in [0.15, 0.2) is 0 Å². The maximum atomic E-state index is 12.2. The Bertz CT molecular complexity index is 894. The lowest BCUT2D eigenvalue weighted by molar-refractivity contribution is 0.141. The van der Waals surface area contributed by atoms with Gasteiger partial charge in [-0.15, -0.1) is 0 Å². The number of aryl methyl sites for hydroxylation is 1. The van der Waals surface area contributed by atoms with Crippen molar-refractivity contribution in [1.82, 2.24) is 9.55 Å². The number of nitrogens with one attached hydrogen (secondary N) is 1. The smallest absolute Gasteiger partial charge is 0.423 e. The molecule has 6 nitrogen and oxygen atoms in total. The highest BCUT2D eigenvalue weighted by Gasteiger charge is 2.16. The van der Waals surface area contributed by atoms with Crippen molar-refractivity contribution in [3.8, 4) is 0 Å². The van der Waals surface area contributed by atoms with E-state index < -0.39 is 11.8 Å². The first-order valence-corrected chi connectivity index (χ1v) is 6.78. The summed E-state index contributed by atoms with van der Waals surface area (Å²) in [4.78, 5) is 26.8. The van der Waals surface area contributed by atoms with E-state index in [9.17, 15) is 9.59 Å². The predicted molar refractivity (Wildman–Crippen MR) is 83.7 cm³/mol. The largest absolute Gasteiger partial charge is 0.444 e. The summed E-state index contributed by atoms with van der Waals surface area (Å²) in [5.74, 6) is 0. The lowest BCUT2D eigenvalue weighted by Crippen LogP contribution is -2.25. The summed E-state index contributed by atoms with van der Waals surface area (Å²) in [5.41, 5.74) is 8.42. The van der Waals surface area contributed by atoms with Crippen LogP contribution in [0.3, 0.4) is 0 Å². The highest BCUT2D eigenvalue weighted by Crippen LogP contribution is 2.19. The third kappa shape index (κ3) is 2.46. The summed E-state index contributed by atoms with van der Waals surface area (Å²) >= 11 is 0. The van der Waals surface area contributed by atoms with Gasteiger partial charge in [-0.2, -0.15) is 4.57 Å². The zero-order valence-electron chi connectivity index (χ0n) is 12.0. The second-order valence-corrected chi connectivity index (χ2v) is 5.03. The van der Waals surface area contributed by atoms with Crippen molar-refractivity contribution in [2.45, 2.75) is 13.5 Å². The number of ether oxygens (including phenoxy) is 1. The van der Waals surface area contributed by atoms with Gasteiger partial charge in [-0.25, -0.2) is 9.59 Å². The van der Waals surface area contributed by atoms with Crippen LogP contribution in [0.15, 0.2) is 47.3 Å². The van der Waals surface area contributed by atoms with Crippen LogP contribution >= 0.6 is 0 Å². The van der Waals surface area contributed by atoms with E-state index in [4.69, 9.17) is 10.5 Å². The summed E-state index contributed by atoms with van der Waals surface area (Å²) in [5, 5.41) is 0. The van der Waals surface area contributed by atoms with Crippen LogP contribution in [0.2, 0.25) is 0 Å². The summed E-state index contributed by atoms with van der Waals surface area (Å²) in [7, 11) is 0. The van der Waals surface area contributed by atoms with Crippen LogP contribution in [-0.4, -0.2) is 15.6 Å².